The molecule has 0 unspecified atom stereocenters. The fourth-order valence-electron chi connectivity index (χ4n) is 4.15. The van der Waals surface area contributed by atoms with Crippen LogP contribution in [0.4, 0.5) is 0 Å². The summed E-state index contributed by atoms with van der Waals surface area (Å²) in [6, 6.07) is 7.75. The monoisotopic (exact) mass is 396 g/mol. The third-order valence-electron chi connectivity index (χ3n) is 5.67. The number of piperidine rings is 1. The highest BCUT2D eigenvalue weighted by molar-refractivity contribution is 5.95. The van der Waals surface area contributed by atoms with Gasteiger partial charge in [-0.3, -0.25) is 9.78 Å². The number of benzene rings is 1. The average molecular weight is 396 g/mol. The van der Waals surface area contributed by atoms with Gasteiger partial charge in [0.25, 0.3) is 5.91 Å². The number of ether oxygens (including phenoxy) is 3. The fourth-order valence-corrected chi connectivity index (χ4v) is 4.15. The molecule has 2 fully saturated rings. The normalized spacial score (nSPS) is 18.2. The maximum atomic E-state index is 13.0. The summed E-state index contributed by atoms with van der Waals surface area (Å²) in [6.45, 7) is 7.28. The Morgan fingerprint density at radius 2 is 1.86 bits per heavy atom. The van der Waals surface area contributed by atoms with Crippen molar-refractivity contribution < 1.29 is 19.0 Å². The molecule has 29 heavy (non-hydrogen) atoms. The van der Waals surface area contributed by atoms with Gasteiger partial charge in [0, 0.05) is 42.5 Å². The molecule has 1 amide bonds. The molecule has 3 heterocycles. The number of aromatic nitrogens is 1. The Kier molecular flexibility index (Phi) is 6.11. The molecule has 6 heteroatoms. The second kappa shape index (κ2) is 8.93. The molecule has 2 saturated heterocycles. The van der Waals surface area contributed by atoms with Crippen molar-refractivity contribution in [1.29, 1.82) is 0 Å². The zero-order valence-corrected chi connectivity index (χ0v) is 17.1. The molecule has 2 aliphatic rings. The smallest absolute Gasteiger partial charge is 0.253 e. The van der Waals surface area contributed by atoms with Crippen LogP contribution in [-0.2, 0) is 16.1 Å². The fraction of sp³-hybridized carbons (Fsp3) is 0.478. The third kappa shape index (κ3) is 4.60. The Morgan fingerprint density at radius 3 is 2.48 bits per heavy atom. The number of hydrogen-bond donors (Lipinski definition) is 0. The van der Waals surface area contributed by atoms with Crippen LogP contribution in [0.25, 0.3) is 0 Å². The molecule has 0 atom stereocenters. The first-order valence-corrected chi connectivity index (χ1v) is 10.3. The molecule has 154 valence electrons. The minimum absolute atomic E-state index is 0.0849. The summed E-state index contributed by atoms with van der Waals surface area (Å²) >= 11 is 0. The Hall–Kier alpha value is -2.44. The van der Waals surface area contributed by atoms with Crippen LogP contribution in [0.2, 0.25) is 0 Å². The van der Waals surface area contributed by atoms with Crippen LogP contribution in [0, 0.1) is 19.8 Å². The van der Waals surface area contributed by atoms with Crippen molar-refractivity contribution in [2.45, 2.75) is 39.6 Å². The maximum absolute atomic E-state index is 13.0. The molecular weight excluding hydrogens is 368 g/mol. The highest BCUT2D eigenvalue weighted by Gasteiger charge is 2.32. The molecule has 0 radical (unpaired) electrons. The van der Waals surface area contributed by atoms with Crippen molar-refractivity contribution >= 4 is 5.91 Å². The van der Waals surface area contributed by atoms with Crippen LogP contribution in [-0.4, -0.2) is 48.4 Å². The number of carbonyl (C=O) groups excluding carboxylic acids is 1. The van der Waals surface area contributed by atoms with Crippen molar-refractivity contribution in [2.75, 3.05) is 26.3 Å². The summed E-state index contributed by atoms with van der Waals surface area (Å²) in [5.41, 5.74) is 3.69. The van der Waals surface area contributed by atoms with E-state index in [9.17, 15) is 4.79 Å². The molecule has 2 aliphatic heterocycles. The van der Waals surface area contributed by atoms with Crippen LogP contribution < -0.4 is 4.74 Å². The van der Waals surface area contributed by atoms with Gasteiger partial charge in [0.1, 0.15) is 12.4 Å². The van der Waals surface area contributed by atoms with E-state index in [-0.39, 0.29) is 12.2 Å². The number of carbonyl (C=O) groups is 1. The molecule has 0 saturated carbocycles. The van der Waals surface area contributed by atoms with Gasteiger partial charge in [0.15, 0.2) is 6.29 Å². The lowest BCUT2D eigenvalue weighted by Gasteiger charge is -2.34. The molecule has 1 aromatic carbocycles. The summed E-state index contributed by atoms with van der Waals surface area (Å²) in [6.07, 6.45) is 5.29. The van der Waals surface area contributed by atoms with E-state index in [0.29, 0.717) is 25.7 Å². The Morgan fingerprint density at radius 1 is 1.17 bits per heavy atom. The van der Waals surface area contributed by atoms with Crippen molar-refractivity contribution in [3.63, 3.8) is 0 Å². The van der Waals surface area contributed by atoms with Crippen molar-refractivity contribution in [1.82, 2.24) is 9.88 Å². The first-order chi connectivity index (χ1) is 14.1. The molecule has 1 aromatic heterocycles. The third-order valence-corrected chi connectivity index (χ3v) is 5.67. The van der Waals surface area contributed by atoms with Gasteiger partial charge in [-0.15, -0.1) is 0 Å². The van der Waals surface area contributed by atoms with E-state index in [4.69, 9.17) is 14.2 Å². The minimum atomic E-state index is -0.0898. The molecule has 0 bridgehead atoms. The predicted octanol–water partition coefficient (Wildman–Crippen LogP) is 3.50. The summed E-state index contributed by atoms with van der Waals surface area (Å²) in [5.74, 6) is 1.30. The van der Waals surface area contributed by atoms with E-state index in [0.717, 1.165) is 53.9 Å². The summed E-state index contributed by atoms with van der Waals surface area (Å²) in [7, 11) is 0. The Balaban J connectivity index is 1.39. The standard InChI is InChI=1S/C23H28N2O4/c1-16-12-20(13-17(2)21(16)29-15-18-4-3-7-24-14-18)22(26)25-8-5-19(6-9-25)23-27-10-11-28-23/h3-4,7,12-14,19,23H,5-6,8-11,15H2,1-2H3. The lowest BCUT2D eigenvalue weighted by molar-refractivity contribution is -0.0956. The minimum Gasteiger partial charge on any atom is -0.488 e. The first-order valence-electron chi connectivity index (χ1n) is 10.3. The number of hydrogen-bond acceptors (Lipinski definition) is 5. The second-order valence-electron chi connectivity index (χ2n) is 7.83. The van der Waals surface area contributed by atoms with Gasteiger partial charge in [-0.05, 0) is 56.0 Å². The van der Waals surface area contributed by atoms with Crippen LogP contribution in [0.3, 0.4) is 0 Å². The summed E-state index contributed by atoms with van der Waals surface area (Å²) in [5, 5.41) is 0. The van der Waals surface area contributed by atoms with Gasteiger partial charge in [-0.25, -0.2) is 0 Å². The van der Waals surface area contributed by atoms with E-state index in [1.54, 1.807) is 12.4 Å². The van der Waals surface area contributed by atoms with E-state index in [1.165, 1.54) is 0 Å². The average Bonchev–Trinajstić information content (AvgIpc) is 3.28. The van der Waals surface area contributed by atoms with E-state index >= 15 is 0 Å². The van der Waals surface area contributed by atoms with Gasteiger partial charge in [0.2, 0.25) is 0 Å². The molecule has 0 N–H and O–H groups in total. The van der Waals surface area contributed by atoms with Crippen molar-refractivity contribution in [3.05, 3.63) is 58.9 Å². The largest absolute Gasteiger partial charge is 0.488 e. The first kappa shape index (κ1) is 19.9. The molecule has 4 rings (SSSR count). The number of rotatable bonds is 5. The van der Waals surface area contributed by atoms with Crippen LogP contribution in [0.1, 0.15) is 39.9 Å². The van der Waals surface area contributed by atoms with Crippen molar-refractivity contribution in [3.8, 4) is 5.75 Å². The zero-order chi connectivity index (χ0) is 20.2. The highest BCUT2D eigenvalue weighted by Crippen LogP contribution is 2.29. The Labute approximate surface area is 171 Å². The maximum Gasteiger partial charge on any atom is 0.253 e. The molecular formula is C23H28N2O4. The van der Waals surface area contributed by atoms with Crippen molar-refractivity contribution in [2.24, 2.45) is 5.92 Å². The quantitative estimate of drug-likeness (QED) is 0.774. The zero-order valence-electron chi connectivity index (χ0n) is 17.1. The molecule has 2 aromatic rings. The van der Waals surface area contributed by atoms with Crippen LogP contribution in [0.5, 0.6) is 5.75 Å². The SMILES string of the molecule is Cc1cc(C(=O)N2CCC(C3OCCO3)CC2)cc(C)c1OCc1cccnc1. The second-order valence-corrected chi connectivity index (χ2v) is 7.83. The predicted molar refractivity (Wildman–Crippen MR) is 109 cm³/mol. The topological polar surface area (TPSA) is 60.9 Å². The van der Waals surface area contributed by atoms with Gasteiger partial charge >= 0.3 is 0 Å². The van der Waals surface area contributed by atoms with Crippen LogP contribution in [0.15, 0.2) is 36.7 Å². The lowest BCUT2D eigenvalue weighted by Crippen LogP contribution is -2.41. The van der Waals surface area contributed by atoms with Gasteiger partial charge in [0.05, 0.1) is 13.2 Å². The number of nitrogens with zero attached hydrogens (tertiary/aromatic N) is 2. The lowest BCUT2D eigenvalue weighted by atomic mass is 9.95. The van der Waals surface area contributed by atoms with Gasteiger partial charge in [-0.1, -0.05) is 6.07 Å². The number of likely N-dealkylation sites (tertiary alicyclic amines) is 1. The van der Waals surface area contributed by atoms with Gasteiger partial charge < -0.3 is 19.1 Å². The molecule has 0 aliphatic carbocycles. The number of pyridine rings is 1. The van der Waals surface area contributed by atoms with E-state index < -0.39 is 0 Å². The molecule has 6 nitrogen and oxygen atoms in total. The number of amides is 1. The van der Waals surface area contributed by atoms with E-state index in [2.05, 4.69) is 4.98 Å². The highest BCUT2D eigenvalue weighted by atomic mass is 16.7. The summed E-state index contributed by atoms with van der Waals surface area (Å²) < 4.78 is 17.3. The molecule has 0 spiro atoms. The summed E-state index contributed by atoms with van der Waals surface area (Å²) in [4.78, 5) is 19.1. The van der Waals surface area contributed by atoms with Gasteiger partial charge in [-0.2, -0.15) is 0 Å². The Bertz CT molecular complexity index is 818. The van der Waals surface area contributed by atoms with Crippen LogP contribution >= 0.6 is 0 Å². The van der Waals surface area contributed by atoms with E-state index in [1.807, 2.05) is 43.0 Å². The number of aryl methyl sites for hydroxylation is 2.